The minimum atomic E-state index is -2.87. The summed E-state index contributed by atoms with van der Waals surface area (Å²) in [5.41, 5.74) is 1.84. The third-order valence-electron chi connectivity index (χ3n) is 4.19. The Morgan fingerprint density at radius 1 is 1.22 bits per heavy atom. The zero-order valence-corrected chi connectivity index (χ0v) is 17.3. The van der Waals surface area contributed by atoms with E-state index >= 15 is 0 Å². The fraction of sp³-hybridized carbons (Fsp3) is 0.526. The molecule has 0 bridgehead atoms. The zero-order chi connectivity index (χ0) is 20.0. The van der Waals surface area contributed by atoms with E-state index in [1.807, 2.05) is 6.92 Å². The van der Waals surface area contributed by atoms with Gasteiger partial charge in [0.15, 0.2) is 0 Å². The lowest BCUT2D eigenvalue weighted by atomic mass is 10.0. The Morgan fingerprint density at radius 3 is 2.59 bits per heavy atom. The molecule has 0 aliphatic carbocycles. The number of aromatic nitrogens is 2. The number of aliphatic hydroxyl groups is 1. The first-order chi connectivity index (χ1) is 12.7. The topological polar surface area (TPSA) is 56.5 Å². The second-order valence-electron chi connectivity index (χ2n) is 7.66. The summed E-state index contributed by atoms with van der Waals surface area (Å²) in [6.07, 6.45) is 2.94. The van der Waals surface area contributed by atoms with Crippen molar-refractivity contribution in [2.75, 3.05) is 6.61 Å². The van der Waals surface area contributed by atoms with Crippen LogP contribution in [0, 0.1) is 0 Å². The maximum atomic E-state index is 12.5. The Balaban J connectivity index is 2.01. The SMILES string of the molecule is CCc1cc(C(O)c2cnn(COCC[Si](C)(C)C)c2)ccc1OC(F)F. The molecule has 0 saturated heterocycles. The van der Waals surface area contributed by atoms with Gasteiger partial charge in [-0.1, -0.05) is 32.6 Å². The lowest BCUT2D eigenvalue weighted by molar-refractivity contribution is -0.0504. The molecule has 1 unspecified atom stereocenters. The molecule has 0 amide bonds. The second-order valence-corrected chi connectivity index (χ2v) is 13.3. The zero-order valence-electron chi connectivity index (χ0n) is 16.3. The lowest BCUT2D eigenvalue weighted by Crippen LogP contribution is -2.22. The van der Waals surface area contributed by atoms with Gasteiger partial charge in [-0.05, 0) is 35.7 Å². The van der Waals surface area contributed by atoms with Gasteiger partial charge in [0.1, 0.15) is 18.6 Å². The van der Waals surface area contributed by atoms with Gasteiger partial charge >= 0.3 is 6.61 Å². The van der Waals surface area contributed by atoms with E-state index in [-0.39, 0.29) is 5.75 Å². The van der Waals surface area contributed by atoms with E-state index in [2.05, 4.69) is 29.5 Å². The number of nitrogens with zero attached hydrogens (tertiary/aromatic N) is 2. The second kappa shape index (κ2) is 9.43. The summed E-state index contributed by atoms with van der Waals surface area (Å²) in [6.45, 7) is 6.88. The smallest absolute Gasteiger partial charge is 0.387 e. The first-order valence-electron chi connectivity index (χ1n) is 9.05. The molecule has 27 heavy (non-hydrogen) atoms. The summed E-state index contributed by atoms with van der Waals surface area (Å²) >= 11 is 0. The van der Waals surface area contributed by atoms with Crippen molar-refractivity contribution in [3.63, 3.8) is 0 Å². The summed E-state index contributed by atoms with van der Waals surface area (Å²) in [6, 6.07) is 5.82. The molecule has 0 radical (unpaired) electrons. The van der Waals surface area contributed by atoms with E-state index in [1.165, 1.54) is 6.07 Å². The van der Waals surface area contributed by atoms with Gasteiger partial charge in [-0.15, -0.1) is 0 Å². The first kappa shape index (κ1) is 21.5. The first-order valence-corrected chi connectivity index (χ1v) is 12.8. The van der Waals surface area contributed by atoms with Crippen molar-refractivity contribution >= 4 is 8.07 Å². The average molecular weight is 399 g/mol. The molecule has 0 spiro atoms. The van der Waals surface area contributed by atoms with Gasteiger partial charge in [0.25, 0.3) is 0 Å². The van der Waals surface area contributed by atoms with Crippen LogP contribution in [0.2, 0.25) is 25.7 Å². The van der Waals surface area contributed by atoms with Crippen molar-refractivity contribution in [1.29, 1.82) is 0 Å². The maximum Gasteiger partial charge on any atom is 0.387 e. The minimum absolute atomic E-state index is 0.134. The number of halogens is 2. The van der Waals surface area contributed by atoms with Crippen LogP contribution in [0.15, 0.2) is 30.6 Å². The Kier molecular flexibility index (Phi) is 7.52. The summed E-state index contributed by atoms with van der Waals surface area (Å²) in [5, 5.41) is 14.8. The number of hydrogen-bond donors (Lipinski definition) is 1. The molecular formula is C19H28F2N2O3Si. The van der Waals surface area contributed by atoms with Crippen molar-refractivity contribution in [1.82, 2.24) is 9.78 Å². The summed E-state index contributed by atoms with van der Waals surface area (Å²) in [5.74, 6) is 0.134. The van der Waals surface area contributed by atoms with Crippen LogP contribution in [-0.2, 0) is 17.9 Å². The number of aliphatic hydroxyl groups excluding tert-OH is 1. The largest absolute Gasteiger partial charge is 0.435 e. The van der Waals surface area contributed by atoms with Gasteiger partial charge in [-0.25, -0.2) is 4.68 Å². The highest BCUT2D eigenvalue weighted by Crippen LogP contribution is 2.28. The number of ether oxygens (including phenoxy) is 2. The predicted molar refractivity (Wildman–Crippen MR) is 103 cm³/mol. The molecule has 0 fully saturated rings. The third-order valence-corrected chi connectivity index (χ3v) is 5.89. The standard InChI is InChI=1S/C19H28F2N2O3Si/c1-5-14-10-15(6-7-17(14)26-19(20)21)18(24)16-11-22-23(12-16)13-25-8-9-27(2,3)4/h6-7,10-12,18-19,24H,5,8-9,13H2,1-4H3. The summed E-state index contributed by atoms with van der Waals surface area (Å²) < 4.78 is 36.7. The van der Waals surface area contributed by atoms with E-state index in [0.29, 0.717) is 36.4 Å². The lowest BCUT2D eigenvalue weighted by Gasteiger charge is -2.15. The van der Waals surface area contributed by atoms with E-state index in [4.69, 9.17) is 4.74 Å². The van der Waals surface area contributed by atoms with Crippen LogP contribution in [-0.4, -0.2) is 36.2 Å². The number of aryl methyl sites for hydroxylation is 1. The normalized spacial score (nSPS) is 13.2. The van der Waals surface area contributed by atoms with Crippen LogP contribution < -0.4 is 4.74 Å². The van der Waals surface area contributed by atoms with Crippen molar-refractivity contribution in [3.8, 4) is 5.75 Å². The fourth-order valence-corrected chi connectivity index (χ4v) is 3.33. The number of alkyl halides is 2. The molecule has 2 rings (SSSR count). The average Bonchev–Trinajstić information content (AvgIpc) is 3.06. The molecule has 0 saturated carbocycles. The van der Waals surface area contributed by atoms with E-state index < -0.39 is 20.8 Å². The van der Waals surface area contributed by atoms with E-state index in [1.54, 1.807) is 29.2 Å². The molecule has 1 aromatic heterocycles. The molecule has 1 N–H and O–H groups in total. The molecule has 2 aromatic rings. The number of benzene rings is 1. The summed E-state index contributed by atoms with van der Waals surface area (Å²) in [7, 11) is -1.13. The van der Waals surface area contributed by atoms with Gasteiger partial charge in [0, 0.05) is 26.4 Å². The Morgan fingerprint density at radius 2 is 1.96 bits per heavy atom. The molecule has 150 valence electrons. The van der Waals surface area contributed by atoms with Crippen molar-refractivity contribution in [2.24, 2.45) is 0 Å². The minimum Gasteiger partial charge on any atom is -0.435 e. The van der Waals surface area contributed by atoms with Gasteiger partial charge < -0.3 is 14.6 Å². The van der Waals surface area contributed by atoms with E-state index in [0.717, 1.165) is 6.04 Å². The highest BCUT2D eigenvalue weighted by atomic mass is 28.3. The molecule has 0 aliphatic heterocycles. The molecule has 1 aromatic carbocycles. The number of hydrogen-bond acceptors (Lipinski definition) is 4. The molecule has 5 nitrogen and oxygen atoms in total. The van der Waals surface area contributed by atoms with Crippen LogP contribution in [0.25, 0.3) is 0 Å². The molecule has 1 heterocycles. The Bertz CT molecular complexity index is 732. The van der Waals surface area contributed by atoms with Gasteiger partial charge in [0.2, 0.25) is 0 Å². The van der Waals surface area contributed by atoms with Crippen LogP contribution in [0.4, 0.5) is 8.78 Å². The summed E-state index contributed by atoms with van der Waals surface area (Å²) in [4.78, 5) is 0. The number of rotatable bonds is 10. The van der Waals surface area contributed by atoms with Crippen LogP contribution in [0.5, 0.6) is 5.75 Å². The van der Waals surface area contributed by atoms with Crippen molar-refractivity contribution in [3.05, 3.63) is 47.3 Å². The Labute approximate surface area is 159 Å². The van der Waals surface area contributed by atoms with E-state index in [9.17, 15) is 13.9 Å². The van der Waals surface area contributed by atoms with Crippen molar-refractivity contribution in [2.45, 2.75) is 58.5 Å². The quantitative estimate of drug-likeness (QED) is 0.475. The molecule has 0 aliphatic rings. The van der Waals surface area contributed by atoms with Gasteiger partial charge in [-0.2, -0.15) is 13.9 Å². The third kappa shape index (κ3) is 6.71. The monoisotopic (exact) mass is 398 g/mol. The Hall–Kier alpha value is -1.77. The predicted octanol–water partition coefficient (Wildman–Crippen LogP) is 4.44. The fourth-order valence-electron chi connectivity index (χ4n) is 2.58. The molecular weight excluding hydrogens is 370 g/mol. The van der Waals surface area contributed by atoms with Crippen LogP contribution in [0.3, 0.4) is 0 Å². The highest BCUT2D eigenvalue weighted by molar-refractivity contribution is 6.76. The van der Waals surface area contributed by atoms with Crippen LogP contribution in [0.1, 0.15) is 29.7 Å². The molecule has 8 heteroatoms. The van der Waals surface area contributed by atoms with Gasteiger partial charge in [-0.3, -0.25) is 0 Å². The van der Waals surface area contributed by atoms with Crippen LogP contribution >= 0.6 is 0 Å². The highest BCUT2D eigenvalue weighted by Gasteiger charge is 2.17. The molecule has 1 atom stereocenters. The maximum absolute atomic E-state index is 12.5. The van der Waals surface area contributed by atoms with Crippen molar-refractivity contribution < 1.29 is 23.4 Å². The van der Waals surface area contributed by atoms with Gasteiger partial charge in [0.05, 0.1) is 6.20 Å².